The molecule has 5 nitrogen and oxygen atoms in total. The average molecular weight is 286 g/mol. The van der Waals surface area contributed by atoms with E-state index in [0.29, 0.717) is 12.4 Å². The van der Waals surface area contributed by atoms with Crippen LogP contribution in [0.4, 0.5) is 5.82 Å². The molecule has 1 aromatic heterocycles. The fourth-order valence-corrected chi connectivity index (χ4v) is 2.03. The fraction of sp³-hybridized carbons (Fsp3) is 0.375. The fourth-order valence-electron chi connectivity index (χ4n) is 2.03. The van der Waals surface area contributed by atoms with E-state index in [4.69, 9.17) is 10.5 Å². The first kappa shape index (κ1) is 15.3. The first-order chi connectivity index (χ1) is 10.1. The largest absolute Gasteiger partial charge is 0.474 e. The Morgan fingerprint density at radius 1 is 1.24 bits per heavy atom. The first-order valence-electron chi connectivity index (χ1n) is 7.06. The van der Waals surface area contributed by atoms with Crippen molar-refractivity contribution in [1.82, 2.24) is 9.97 Å². The number of rotatable bonds is 6. The lowest BCUT2D eigenvalue weighted by Crippen LogP contribution is -2.19. The van der Waals surface area contributed by atoms with Gasteiger partial charge in [-0.15, -0.1) is 0 Å². The van der Waals surface area contributed by atoms with Crippen molar-refractivity contribution in [1.29, 1.82) is 0 Å². The van der Waals surface area contributed by atoms with Gasteiger partial charge >= 0.3 is 0 Å². The Morgan fingerprint density at radius 2 is 2.00 bits per heavy atom. The highest BCUT2D eigenvalue weighted by molar-refractivity contribution is 5.38. The molecule has 0 saturated heterocycles. The van der Waals surface area contributed by atoms with E-state index in [0.717, 1.165) is 17.9 Å². The zero-order valence-corrected chi connectivity index (χ0v) is 12.8. The highest BCUT2D eigenvalue weighted by Crippen LogP contribution is 2.16. The normalized spacial score (nSPS) is 10.7. The topological polar surface area (TPSA) is 64.3 Å². The Morgan fingerprint density at radius 3 is 2.71 bits per heavy atom. The third-order valence-corrected chi connectivity index (χ3v) is 2.99. The molecule has 2 rings (SSSR count). The van der Waals surface area contributed by atoms with Gasteiger partial charge in [0.25, 0.3) is 0 Å². The summed E-state index contributed by atoms with van der Waals surface area (Å²) in [5.41, 5.74) is 7.99. The summed E-state index contributed by atoms with van der Waals surface area (Å²) < 4.78 is 5.57. The Hall–Kier alpha value is -2.14. The molecule has 0 saturated carbocycles. The molecule has 112 valence electrons. The molecule has 0 aliphatic heterocycles. The zero-order chi connectivity index (χ0) is 15.2. The Labute approximate surface area is 125 Å². The van der Waals surface area contributed by atoms with E-state index in [1.54, 1.807) is 12.4 Å². The van der Waals surface area contributed by atoms with Gasteiger partial charge in [0, 0.05) is 20.1 Å². The number of benzene rings is 1. The number of nitrogens with two attached hydrogens (primary N) is 1. The molecular weight excluding hydrogens is 264 g/mol. The highest BCUT2D eigenvalue weighted by atomic mass is 16.5. The molecule has 2 N–H and O–H groups in total. The van der Waals surface area contributed by atoms with Crippen molar-refractivity contribution in [3.63, 3.8) is 0 Å². The second kappa shape index (κ2) is 7.04. The minimum Gasteiger partial charge on any atom is -0.474 e. The number of anilines is 1. The van der Waals surface area contributed by atoms with E-state index in [1.165, 1.54) is 5.56 Å². The Balaban J connectivity index is 2.10. The molecule has 0 spiro atoms. The smallest absolute Gasteiger partial charge is 0.234 e. The molecule has 0 aliphatic rings. The lowest BCUT2D eigenvalue weighted by Gasteiger charge is -2.19. The standard InChI is InChI=1S/C16H22N4O/c1-12(2)21-16-10-18-9-15(19-16)20(3)11-14-6-4-5-13(7-14)8-17/h4-7,9-10,12H,8,11,17H2,1-3H3. The van der Waals surface area contributed by atoms with Crippen molar-refractivity contribution < 1.29 is 4.74 Å². The summed E-state index contributed by atoms with van der Waals surface area (Å²) in [4.78, 5) is 10.7. The number of nitrogens with zero attached hydrogens (tertiary/aromatic N) is 3. The summed E-state index contributed by atoms with van der Waals surface area (Å²) in [6.45, 7) is 5.23. The lowest BCUT2D eigenvalue weighted by atomic mass is 10.1. The molecule has 1 aromatic carbocycles. The van der Waals surface area contributed by atoms with Gasteiger partial charge in [0.05, 0.1) is 18.5 Å². The van der Waals surface area contributed by atoms with Crippen molar-refractivity contribution in [3.05, 3.63) is 47.8 Å². The van der Waals surface area contributed by atoms with Gasteiger partial charge in [0.1, 0.15) is 0 Å². The summed E-state index contributed by atoms with van der Waals surface area (Å²) in [6, 6.07) is 8.24. The van der Waals surface area contributed by atoms with Crippen LogP contribution in [-0.4, -0.2) is 23.1 Å². The third kappa shape index (κ3) is 4.43. The predicted molar refractivity (Wildman–Crippen MR) is 84.2 cm³/mol. The summed E-state index contributed by atoms with van der Waals surface area (Å²) in [7, 11) is 1.98. The van der Waals surface area contributed by atoms with Crippen LogP contribution in [-0.2, 0) is 13.1 Å². The maximum atomic E-state index is 5.67. The van der Waals surface area contributed by atoms with Crippen LogP contribution >= 0.6 is 0 Å². The van der Waals surface area contributed by atoms with Crippen LogP contribution in [0.2, 0.25) is 0 Å². The minimum absolute atomic E-state index is 0.0843. The second-order valence-corrected chi connectivity index (χ2v) is 5.26. The number of hydrogen-bond acceptors (Lipinski definition) is 5. The Kier molecular flexibility index (Phi) is 5.11. The Bertz CT molecular complexity index is 586. The van der Waals surface area contributed by atoms with Gasteiger partial charge < -0.3 is 15.4 Å². The van der Waals surface area contributed by atoms with Crippen molar-refractivity contribution in [2.24, 2.45) is 5.73 Å². The monoisotopic (exact) mass is 286 g/mol. The molecule has 2 aromatic rings. The lowest BCUT2D eigenvalue weighted by molar-refractivity contribution is 0.231. The number of ether oxygens (including phenoxy) is 1. The van der Waals surface area contributed by atoms with E-state index in [1.807, 2.05) is 37.9 Å². The quantitative estimate of drug-likeness (QED) is 0.883. The van der Waals surface area contributed by atoms with Gasteiger partial charge in [0.15, 0.2) is 5.82 Å². The van der Waals surface area contributed by atoms with Crippen LogP contribution in [0.5, 0.6) is 5.88 Å². The summed E-state index contributed by atoms with van der Waals surface area (Å²) in [6.07, 6.45) is 3.45. The van der Waals surface area contributed by atoms with Crippen molar-refractivity contribution in [2.75, 3.05) is 11.9 Å². The van der Waals surface area contributed by atoms with Gasteiger partial charge in [-0.05, 0) is 25.0 Å². The molecule has 0 amide bonds. The van der Waals surface area contributed by atoms with E-state index < -0.39 is 0 Å². The first-order valence-corrected chi connectivity index (χ1v) is 7.06. The second-order valence-electron chi connectivity index (χ2n) is 5.26. The molecule has 0 atom stereocenters. The summed E-state index contributed by atoms with van der Waals surface area (Å²) >= 11 is 0. The van der Waals surface area contributed by atoms with Crippen LogP contribution < -0.4 is 15.4 Å². The molecule has 0 radical (unpaired) electrons. The van der Waals surface area contributed by atoms with E-state index >= 15 is 0 Å². The van der Waals surface area contributed by atoms with E-state index in [2.05, 4.69) is 22.1 Å². The number of hydrogen-bond donors (Lipinski definition) is 1. The molecule has 0 bridgehead atoms. The molecule has 1 heterocycles. The molecular formula is C16H22N4O. The molecule has 0 unspecified atom stereocenters. The van der Waals surface area contributed by atoms with Gasteiger partial charge in [-0.3, -0.25) is 4.98 Å². The van der Waals surface area contributed by atoms with Gasteiger partial charge in [0.2, 0.25) is 5.88 Å². The minimum atomic E-state index is 0.0843. The maximum absolute atomic E-state index is 5.67. The molecule has 5 heteroatoms. The van der Waals surface area contributed by atoms with Crippen LogP contribution in [0.25, 0.3) is 0 Å². The van der Waals surface area contributed by atoms with E-state index in [-0.39, 0.29) is 6.10 Å². The van der Waals surface area contributed by atoms with Gasteiger partial charge in [-0.1, -0.05) is 24.3 Å². The number of aromatic nitrogens is 2. The van der Waals surface area contributed by atoms with Gasteiger partial charge in [-0.2, -0.15) is 4.98 Å². The van der Waals surface area contributed by atoms with Crippen LogP contribution in [0.1, 0.15) is 25.0 Å². The SMILES string of the molecule is CC(C)Oc1cncc(N(C)Cc2cccc(CN)c2)n1. The summed E-state index contributed by atoms with van der Waals surface area (Å²) in [5, 5.41) is 0. The zero-order valence-electron chi connectivity index (χ0n) is 12.8. The van der Waals surface area contributed by atoms with Crippen LogP contribution in [0.3, 0.4) is 0 Å². The average Bonchev–Trinajstić information content (AvgIpc) is 2.47. The molecule has 0 aliphatic carbocycles. The van der Waals surface area contributed by atoms with Crippen molar-refractivity contribution in [3.8, 4) is 5.88 Å². The van der Waals surface area contributed by atoms with Gasteiger partial charge in [-0.25, -0.2) is 0 Å². The predicted octanol–water partition coefficient (Wildman–Crippen LogP) is 2.36. The van der Waals surface area contributed by atoms with Crippen molar-refractivity contribution >= 4 is 5.82 Å². The van der Waals surface area contributed by atoms with Crippen LogP contribution in [0, 0.1) is 0 Å². The third-order valence-electron chi connectivity index (χ3n) is 2.99. The maximum Gasteiger partial charge on any atom is 0.234 e. The van der Waals surface area contributed by atoms with Crippen LogP contribution in [0.15, 0.2) is 36.7 Å². The van der Waals surface area contributed by atoms with E-state index in [9.17, 15) is 0 Å². The molecule has 0 fully saturated rings. The molecule has 21 heavy (non-hydrogen) atoms. The summed E-state index contributed by atoms with van der Waals surface area (Å²) in [5.74, 6) is 1.33. The van der Waals surface area contributed by atoms with Crippen molar-refractivity contribution in [2.45, 2.75) is 33.0 Å². The highest BCUT2D eigenvalue weighted by Gasteiger charge is 2.07.